The molecule has 1 unspecified atom stereocenters. The number of sulfonamides is 1. The number of hydrogen-bond acceptors (Lipinski definition) is 10. The minimum absolute atomic E-state index is 0.0527. The van der Waals surface area contributed by atoms with Gasteiger partial charge in [-0.1, -0.05) is 25.2 Å². The molecule has 1 aromatic carbocycles. The van der Waals surface area contributed by atoms with Crippen LogP contribution in [0.5, 0.6) is 0 Å². The van der Waals surface area contributed by atoms with E-state index in [1.54, 1.807) is 18.6 Å². The molecule has 0 radical (unpaired) electrons. The molecule has 0 amide bonds. The topological polar surface area (TPSA) is 126 Å². The maximum absolute atomic E-state index is 13.1. The Morgan fingerprint density at radius 1 is 1.25 bits per heavy atom. The number of azo groups is 1. The van der Waals surface area contributed by atoms with E-state index in [1.807, 2.05) is 25.7 Å². The van der Waals surface area contributed by atoms with Crippen molar-refractivity contribution in [3.63, 3.8) is 0 Å². The zero-order valence-corrected chi connectivity index (χ0v) is 22.0. The van der Waals surface area contributed by atoms with Gasteiger partial charge in [0.15, 0.2) is 0 Å². The number of nitrogens with zero attached hydrogens (tertiary/aromatic N) is 5. The molecule has 0 spiro atoms. The lowest BCUT2D eigenvalue weighted by Crippen LogP contribution is -2.39. The first-order valence-corrected chi connectivity index (χ1v) is 13.5. The van der Waals surface area contributed by atoms with E-state index in [-0.39, 0.29) is 39.6 Å². The van der Waals surface area contributed by atoms with Gasteiger partial charge in [0.25, 0.3) is 5.13 Å². The van der Waals surface area contributed by atoms with Gasteiger partial charge in [0, 0.05) is 18.3 Å². The number of halogens is 3. The minimum Gasteiger partial charge on any atom is -0.458 e. The maximum Gasteiger partial charge on any atom is 0.516 e. The Morgan fingerprint density at radius 3 is 2.56 bits per heavy atom. The summed E-state index contributed by atoms with van der Waals surface area (Å²) in [4.78, 5) is 14.0. The number of nitrogens with one attached hydrogen (secondary N) is 1. The first-order chi connectivity index (χ1) is 16.7. The summed E-state index contributed by atoms with van der Waals surface area (Å²) in [6.07, 6.45) is 1.06. The molecule has 0 saturated carbocycles. The van der Waals surface area contributed by atoms with Crippen molar-refractivity contribution in [2.45, 2.75) is 65.1 Å². The van der Waals surface area contributed by atoms with Crippen molar-refractivity contribution in [1.82, 2.24) is 10.2 Å². The molecule has 2 aromatic rings. The van der Waals surface area contributed by atoms with Crippen molar-refractivity contribution in [2.24, 2.45) is 16.1 Å². The number of carbonyl (C=O) groups excluding carboxylic acids is 1. The number of rotatable bonds is 8. The molecule has 36 heavy (non-hydrogen) atoms. The first-order valence-electron chi connectivity index (χ1n) is 11.2. The summed E-state index contributed by atoms with van der Waals surface area (Å²) in [5, 5.41) is 15.1. The van der Waals surface area contributed by atoms with E-state index in [0.29, 0.717) is 18.7 Å². The monoisotopic (exact) mass is 548 g/mol. The molecule has 0 bridgehead atoms. The molecule has 1 N–H and O–H groups in total. The lowest BCUT2D eigenvalue weighted by molar-refractivity contribution is -0.0429. The highest BCUT2D eigenvalue weighted by Crippen LogP contribution is 2.41. The number of ether oxygens (including phenoxy) is 1. The van der Waals surface area contributed by atoms with Gasteiger partial charge >= 0.3 is 21.5 Å². The van der Waals surface area contributed by atoms with Gasteiger partial charge in [-0.3, -0.25) is 4.72 Å². The second kappa shape index (κ2) is 10.7. The number of anilines is 2. The first kappa shape index (κ1) is 27.8. The van der Waals surface area contributed by atoms with Gasteiger partial charge in [-0.15, -0.1) is 20.4 Å². The average molecular weight is 549 g/mol. The SMILES string of the molecule is CC(C)CN1c2cc(NS(=O)(=O)C(F)(F)F)c(N=Nc3nnc(C(=O)OC(C)C)s3)cc2CCC1C. The quantitative estimate of drug-likeness (QED) is 0.337. The van der Waals surface area contributed by atoms with Gasteiger partial charge < -0.3 is 9.64 Å². The van der Waals surface area contributed by atoms with Crippen molar-refractivity contribution in [3.05, 3.63) is 22.7 Å². The fourth-order valence-electron chi connectivity index (χ4n) is 3.58. The van der Waals surface area contributed by atoms with E-state index < -0.39 is 21.5 Å². The van der Waals surface area contributed by atoms with E-state index in [9.17, 15) is 26.4 Å². The minimum atomic E-state index is -5.71. The fourth-order valence-corrected chi connectivity index (χ4v) is 4.70. The van der Waals surface area contributed by atoms with Crippen LogP contribution in [0.15, 0.2) is 22.4 Å². The molecule has 15 heteroatoms. The Bertz CT molecular complexity index is 1240. The molecule has 1 aliphatic rings. The predicted molar refractivity (Wildman–Crippen MR) is 130 cm³/mol. The molecule has 198 valence electrons. The lowest BCUT2D eigenvalue weighted by Gasteiger charge is -2.38. The molecule has 3 rings (SSSR count). The maximum atomic E-state index is 13.1. The van der Waals surface area contributed by atoms with Crippen molar-refractivity contribution in [2.75, 3.05) is 16.2 Å². The number of esters is 1. The number of carbonyl (C=O) groups is 1. The van der Waals surface area contributed by atoms with Crippen LogP contribution in [0.2, 0.25) is 0 Å². The summed E-state index contributed by atoms with van der Waals surface area (Å²) >= 11 is 0.778. The summed E-state index contributed by atoms with van der Waals surface area (Å²) in [5.41, 5.74) is -4.58. The van der Waals surface area contributed by atoms with Crippen molar-refractivity contribution in [1.29, 1.82) is 0 Å². The Kier molecular flexibility index (Phi) is 8.23. The Morgan fingerprint density at radius 2 is 1.94 bits per heavy atom. The summed E-state index contributed by atoms with van der Waals surface area (Å²) in [6, 6.07) is 2.99. The second-order valence-electron chi connectivity index (χ2n) is 9.03. The zero-order chi connectivity index (χ0) is 26.8. The van der Waals surface area contributed by atoms with Gasteiger partial charge in [0.2, 0.25) is 5.01 Å². The zero-order valence-electron chi connectivity index (χ0n) is 20.3. The summed E-state index contributed by atoms with van der Waals surface area (Å²) in [7, 11) is -5.71. The third-order valence-electron chi connectivity index (χ3n) is 5.16. The van der Waals surface area contributed by atoms with Gasteiger partial charge in [-0.05, 0) is 57.2 Å². The fraction of sp³-hybridized carbons (Fsp3) is 0.571. The van der Waals surface area contributed by atoms with Crippen LogP contribution in [-0.2, 0) is 21.2 Å². The summed E-state index contributed by atoms with van der Waals surface area (Å²) in [6.45, 7) is 10.0. The molecule has 0 aliphatic carbocycles. The largest absolute Gasteiger partial charge is 0.516 e. The van der Waals surface area contributed by atoms with E-state index in [0.717, 1.165) is 23.3 Å². The number of aryl methyl sites for hydroxylation is 1. The second-order valence-corrected chi connectivity index (χ2v) is 11.7. The highest BCUT2D eigenvalue weighted by atomic mass is 32.2. The van der Waals surface area contributed by atoms with Crippen LogP contribution in [-0.4, -0.2) is 48.8 Å². The molecule has 0 saturated heterocycles. The summed E-state index contributed by atoms with van der Waals surface area (Å²) in [5.74, 6) is -0.433. The number of alkyl halides is 3. The molecule has 10 nitrogen and oxygen atoms in total. The molecule has 1 aromatic heterocycles. The molecule has 1 aliphatic heterocycles. The molecular weight excluding hydrogens is 521 g/mol. The van der Waals surface area contributed by atoms with Crippen LogP contribution in [0.1, 0.15) is 56.4 Å². The van der Waals surface area contributed by atoms with Crippen LogP contribution in [0.4, 0.5) is 35.4 Å². The number of hydrogen-bond donors (Lipinski definition) is 1. The molecule has 2 heterocycles. The standard InChI is InChI=1S/C21H27F3N6O4S2/c1-11(2)10-30-13(5)6-7-14-8-15(16(9-17(14)30)29-36(32,33)21(22,23)24)25-27-20-28-26-18(35-20)19(31)34-12(3)4/h8-9,11-13,29H,6-7,10H2,1-5H3. The normalized spacial score (nSPS) is 16.6. The van der Waals surface area contributed by atoms with Crippen molar-refractivity contribution < 1.29 is 31.1 Å². The van der Waals surface area contributed by atoms with E-state index in [1.165, 1.54) is 12.1 Å². The molecule has 1 atom stereocenters. The Balaban J connectivity index is 2.03. The van der Waals surface area contributed by atoms with Gasteiger partial charge in [0.1, 0.15) is 5.69 Å². The van der Waals surface area contributed by atoms with Crippen LogP contribution >= 0.6 is 11.3 Å². The van der Waals surface area contributed by atoms with Gasteiger partial charge in [-0.25, -0.2) is 4.79 Å². The predicted octanol–water partition coefficient (Wildman–Crippen LogP) is 5.58. The van der Waals surface area contributed by atoms with E-state index >= 15 is 0 Å². The number of fused-ring (bicyclic) bond motifs is 1. The molecular formula is C21H27F3N6O4S2. The smallest absolute Gasteiger partial charge is 0.458 e. The Hall–Kier alpha value is -2.81. The third-order valence-corrected chi connectivity index (χ3v) is 7.04. The Labute approximate surface area is 211 Å². The van der Waals surface area contributed by atoms with Gasteiger partial charge in [0.05, 0.1) is 11.8 Å². The van der Waals surface area contributed by atoms with Crippen LogP contribution in [0.25, 0.3) is 0 Å². The number of aromatic nitrogens is 2. The molecule has 0 fully saturated rings. The van der Waals surface area contributed by atoms with Crippen molar-refractivity contribution in [3.8, 4) is 0 Å². The van der Waals surface area contributed by atoms with Crippen LogP contribution < -0.4 is 9.62 Å². The average Bonchev–Trinajstić information content (AvgIpc) is 3.22. The van der Waals surface area contributed by atoms with Crippen LogP contribution in [0, 0.1) is 5.92 Å². The summed E-state index contributed by atoms with van der Waals surface area (Å²) < 4.78 is 69.9. The highest BCUT2D eigenvalue weighted by molar-refractivity contribution is 7.93. The van der Waals surface area contributed by atoms with Gasteiger partial charge in [-0.2, -0.15) is 21.6 Å². The third kappa shape index (κ3) is 6.49. The van der Waals surface area contributed by atoms with E-state index in [4.69, 9.17) is 4.74 Å². The lowest BCUT2D eigenvalue weighted by atomic mass is 9.94. The van der Waals surface area contributed by atoms with Crippen LogP contribution in [0.3, 0.4) is 0 Å². The van der Waals surface area contributed by atoms with E-state index in [2.05, 4.69) is 20.4 Å². The highest BCUT2D eigenvalue weighted by Gasteiger charge is 2.46. The number of benzene rings is 1. The van der Waals surface area contributed by atoms with Crippen molar-refractivity contribution >= 4 is 49.5 Å².